The number of aromatic carboxylic acids is 1. The van der Waals surface area contributed by atoms with Crippen LogP contribution in [0, 0.1) is 13.8 Å². The molecule has 0 aliphatic rings. The Kier molecular flexibility index (Phi) is 3.28. The second-order valence-electron chi connectivity index (χ2n) is 4.02. The minimum absolute atomic E-state index is 0.282. The molecule has 92 valence electrons. The summed E-state index contributed by atoms with van der Waals surface area (Å²) in [6.07, 6.45) is 1.63. The molecule has 1 aromatic carbocycles. The first-order valence-corrected chi connectivity index (χ1v) is 5.51. The first kappa shape index (κ1) is 12.1. The highest BCUT2D eigenvalue weighted by molar-refractivity contribution is 5.89. The molecule has 0 saturated heterocycles. The van der Waals surface area contributed by atoms with E-state index in [0.29, 0.717) is 17.1 Å². The smallest absolute Gasteiger partial charge is 0.335 e. The molecule has 0 aliphatic heterocycles. The van der Waals surface area contributed by atoms with E-state index in [0.717, 1.165) is 5.69 Å². The number of nitrogens with zero attached hydrogens (tertiary/aromatic N) is 1. The molecular weight excluding hydrogens is 230 g/mol. The van der Waals surface area contributed by atoms with Gasteiger partial charge in [-0.05, 0) is 49.7 Å². The molecule has 4 heteroatoms. The molecule has 1 N–H and O–H groups in total. The highest BCUT2D eigenvalue weighted by atomic mass is 16.5. The van der Waals surface area contributed by atoms with Gasteiger partial charge in [0.25, 0.3) is 0 Å². The Balaban J connectivity index is 2.22. The molecule has 2 rings (SSSR count). The molecule has 4 nitrogen and oxygen atoms in total. The van der Waals surface area contributed by atoms with Crippen LogP contribution < -0.4 is 4.74 Å². The van der Waals surface area contributed by atoms with Crippen LogP contribution in [0.2, 0.25) is 0 Å². The molecular formula is C14H13NO3. The van der Waals surface area contributed by atoms with Crippen molar-refractivity contribution in [1.29, 1.82) is 0 Å². The van der Waals surface area contributed by atoms with Crippen molar-refractivity contribution in [3.05, 3.63) is 53.3 Å². The molecule has 1 aromatic heterocycles. The number of benzene rings is 1. The van der Waals surface area contributed by atoms with E-state index in [1.807, 2.05) is 19.1 Å². The number of pyridine rings is 1. The van der Waals surface area contributed by atoms with Crippen LogP contribution in [0.25, 0.3) is 0 Å². The Morgan fingerprint density at radius 2 is 1.89 bits per heavy atom. The van der Waals surface area contributed by atoms with Crippen molar-refractivity contribution in [3.8, 4) is 11.5 Å². The predicted molar refractivity (Wildman–Crippen MR) is 67.2 cm³/mol. The lowest BCUT2D eigenvalue weighted by atomic mass is 10.1. The van der Waals surface area contributed by atoms with E-state index < -0.39 is 5.97 Å². The summed E-state index contributed by atoms with van der Waals surface area (Å²) >= 11 is 0. The fourth-order valence-corrected chi connectivity index (χ4v) is 1.59. The van der Waals surface area contributed by atoms with Crippen molar-refractivity contribution in [2.75, 3.05) is 0 Å². The lowest BCUT2D eigenvalue weighted by molar-refractivity contribution is 0.0696. The number of carbonyl (C=O) groups is 1. The van der Waals surface area contributed by atoms with E-state index in [1.165, 1.54) is 6.07 Å². The zero-order valence-corrected chi connectivity index (χ0v) is 10.2. The summed E-state index contributed by atoms with van der Waals surface area (Å²) in [5, 5.41) is 8.93. The van der Waals surface area contributed by atoms with Gasteiger partial charge in [0.15, 0.2) is 0 Å². The summed E-state index contributed by atoms with van der Waals surface area (Å²) in [6.45, 7) is 3.64. The topological polar surface area (TPSA) is 59.4 Å². The summed E-state index contributed by atoms with van der Waals surface area (Å²) in [5.41, 5.74) is 1.87. The Morgan fingerprint density at radius 3 is 2.44 bits per heavy atom. The minimum Gasteiger partial charge on any atom is -0.478 e. The maximum Gasteiger partial charge on any atom is 0.335 e. The van der Waals surface area contributed by atoms with E-state index in [2.05, 4.69) is 4.98 Å². The molecule has 0 radical (unpaired) electrons. The zero-order valence-electron chi connectivity index (χ0n) is 10.2. The van der Waals surface area contributed by atoms with E-state index in [9.17, 15) is 4.79 Å². The number of hydrogen-bond donors (Lipinski definition) is 1. The molecule has 0 fully saturated rings. The second kappa shape index (κ2) is 4.87. The highest BCUT2D eigenvalue weighted by Gasteiger charge is 2.08. The second-order valence-corrected chi connectivity index (χ2v) is 4.02. The van der Waals surface area contributed by atoms with Gasteiger partial charge in [0.1, 0.15) is 11.5 Å². The normalized spacial score (nSPS) is 10.1. The first-order valence-electron chi connectivity index (χ1n) is 5.51. The fraction of sp³-hybridized carbons (Fsp3) is 0.143. The van der Waals surface area contributed by atoms with Gasteiger partial charge in [-0.2, -0.15) is 0 Å². The third-order valence-corrected chi connectivity index (χ3v) is 2.55. The summed E-state index contributed by atoms with van der Waals surface area (Å²) in [4.78, 5) is 15.0. The van der Waals surface area contributed by atoms with Gasteiger partial charge in [0.05, 0.1) is 11.8 Å². The van der Waals surface area contributed by atoms with Gasteiger partial charge in [0.2, 0.25) is 0 Å². The Morgan fingerprint density at radius 1 is 1.17 bits per heavy atom. The molecule has 2 aromatic rings. The molecule has 0 unspecified atom stereocenters. The lowest BCUT2D eigenvalue weighted by Gasteiger charge is -2.07. The maximum absolute atomic E-state index is 10.9. The van der Waals surface area contributed by atoms with Crippen LogP contribution in [0.3, 0.4) is 0 Å². The quantitative estimate of drug-likeness (QED) is 0.899. The van der Waals surface area contributed by atoms with Gasteiger partial charge in [-0.1, -0.05) is 0 Å². The third kappa shape index (κ3) is 2.66. The molecule has 0 aliphatic carbocycles. The van der Waals surface area contributed by atoms with Crippen molar-refractivity contribution in [3.63, 3.8) is 0 Å². The van der Waals surface area contributed by atoms with Crippen molar-refractivity contribution in [1.82, 2.24) is 4.98 Å². The Bertz CT molecular complexity index is 576. The van der Waals surface area contributed by atoms with Crippen molar-refractivity contribution in [2.45, 2.75) is 13.8 Å². The van der Waals surface area contributed by atoms with E-state index in [-0.39, 0.29) is 5.56 Å². The molecule has 1 heterocycles. The average Bonchev–Trinajstić information content (AvgIpc) is 2.32. The van der Waals surface area contributed by atoms with Gasteiger partial charge in [-0.25, -0.2) is 4.79 Å². The van der Waals surface area contributed by atoms with Crippen LogP contribution in [0.15, 0.2) is 36.5 Å². The van der Waals surface area contributed by atoms with E-state index >= 15 is 0 Å². The third-order valence-electron chi connectivity index (χ3n) is 2.55. The van der Waals surface area contributed by atoms with Crippen LogP contribution in [-0.4, -0.2) is 16.1 Å². The monoisotopic (exact) mass is 243 g/mol. The number of aryl methyl sites for hydroxylation is 2. The summed E-state index contributed by atoms with van der Waals surface area (Å²) < 4.78 is 5.59. The molecule has 0 bridgehead atoms. The van der Waals surface area contributed by atoms with E-state index in [4.69, 9.17) is 9.84 Å². The van der Waals surface area contributed by atoms with E-state index in [1.54, 1.807) is 25.3 Å². The number of hydrogen-bond acceptors (Lipinski definition) is 3. The largest absolute Gasteiger partial charge is 0.478 e. The number of aromatic nitrogens is 1. The van der Waals surface area contributed by atoms with Gasteiger partial charge in [-0.15, -0.1) is 0 Å². The summed E-state index contributed by atoms with van der Waals surface area (Å²) in [5.74, 6) is 0.294. The number of carboxylic acids is 1. The van der Waals surface area contributed by atoms with Gasteiger partial charge in [0, 0.05) is 5.69 Å². The lowest BCUT2D eigenvalue weighted by Crippen LogP contribution is -1.99. The van der Waals surface area contributed by atoms with Crippen LogP contribution in [0.4, 0.5) is 0 Å². The summed E-state index contributed by atoms with van der Waals surface area (Å²) in [6, 6.07) is 8.55. The highest BCUT2D eigenvalue weighted by Crippen LogP contribution is 2.23. The summed E-state index contributed by atoms with van der Waals surface area (Å²) in [7, 11) is 0. The Hall–Kier alpha value is -2.36. The van der Waals surface area contributed by atoms with Crippen LogP contribution in [-0.2, 0) is 0 Å². The molecule has 18 heavy (non-hydrogen) atoms. The van der Waals surface area contributed by atoms with Gasteiger partial charge < -0.3 is 9.84 Å². The zero-order chi connectivity index (χ0) is 13.1. The SMILES string of the molecule is Cc1ccc(Oc2ccc(C(=O)O)c(C)c2)cn1. The molecule has 0 spiro atoms. The van der Waals surface area contributed by atoms with Crippen LogP contribution in [0.1, 0.15) is 21.6 Å². The standard InChI is InChI=1S/C14H13NO3/c1-9-7-11(5-6-13(9)14(16)17)18-12-4-3-10(2)15-8-12/h3-8H,1-2H3,(H,16,17). The predicted octanol–water partition coefficient (Wildman–Crippen LogP) is 3.19. The average molecular weight is 243 g/mol. The number of carboxylic acid groups (broad SMARTS) is 1. The first-order chi connectivity index (χ1) is 8.56. The molecule has 0 atom stereocenters. The van der Waals surface area contributed by atoms with Crippen LogP contribution >= 0.6 is 0 Å². The number of ether oxygens (including phenoxy) is 1. The van der Waals surface area contributed by atoms with Crippen molar-refractivity contribution < 1.29 is 14.6 Å². The van der Waals surface area contributed by atoms with Gasteiger partial charge >= 0.3 is 5.97 Å². The van der Waals surface area contributed by atoms with Gasteiger partial charge in [-0.3, -0.25) is 4.98 Å². The Labute approximate surface area is 105 Å². The fourth-order valence-electron chi connectivity index (χ4n) is 1.59. The molecule has 0 saturated carbocycles. The number of rotatable bonds is 3. The minimum atomic E-state index is -0.934. The van der Waals surface area contributed by atoms with Crippen LogP contribution in [0.5, 0.6) is 11.5 Å². The van der Waals surface area contributed by atoms with Crippen molar-refractivity contribution >= 4 is 5.97 Å². The van der Waals surface area contributed by atoms with Crippen molar-refractivity contribution in [2.24, 2.45) is 0 Å². The maximum atomic E-state index is 10.9. The molecule has 0 amide bonds.